The normalized spacial score (nSPS) is 24.4. The Kier molecular flexibility index (Phi) is 3.45. The third-order valence-electron chi connectivity index (χ3n) is 4.36. The topological polar surface area (TPSA) is 84.7 Å². The Morgan fingerprint density at radius 3 is 3.05 bits per heavy atom. The molecule has 0 spiro atoms. The molecule has 0 aromatic heterocycles. The van der Waals surface area contributed by atoms with Gasteiger partial charge in [-0.3, -0.25) is 4.79 Å². The van der Waals surface area contributed by atoms with Crippen LogP contribution in [0.4, 0.5) is 11.4 Å². The Bertz CT molecular complexity index is 588. The number of amides is 1. The van der Waals surface area contributed by atoms with Crippen LogP contribution < -0.4 is 16.0 Å². The molecule has 1 amide bonds. The first-order valence-corrected chi connectivity index (χ1v) is 7.14. The number of hydrogen-bond acceptors (Lipinski definition) is 5. The predicted molar refractivity (Wildman–Crippen MR) is 79.1 cm³/mol. The van der Waals surface area contributed by atoms with E-state index in [9.17, 15) is 9.59 Å². The maximum atomic E-state index is 11.8. The van der Waals surface area contributed by atoms with Gasteiger partial charge >= 0.3 is 5.97 Å². The molecule has 2 aliphatic rings. The van der Waals surface area contributed by atoms with Gasteiger partial charge in [0, 0.05) is 13.1 Å². The summed E-state index contributed by atoms with van der Waals surface area (Å²) in [4.78, 5) is 25.7. The van der Waals surface area contributed by atoms with Crippen molar-refractivity contribution < 1.29 is 14.3 Å². The lowest BCUT2D eigenvalue weighted by molar-refractivity contribution is -0.123. The van der Waals surface area contributed by atoms with Gasteiger partial charge in [0.15, 0.2) is 0 Å². The number of esters is 1. The summed E-state index contributed by atoms with van der Waals surface area (Å²) in [5, 5.41) is 2.92. The molecule has 0 radical (unpaired) electrons. The summed E-state index contributed by atoms with van der Waals surface area (Å²) in [5.74, 6) is -0.252. The predicted octanol–water partition coefficient (Wildman–Crippen LogP) is 0.770. The van der Waals surface area contributed by atoms with Gasteiger partial charge in [0.2, 0.25) is 5.91 Å². The molecule has 0 bridgehead atoms. The lowest BCUT2D eigenvalue weighted by atomic mass is 9.90. The fourth-order valence-corrected chi connectivity index (χ4v) is 3.29. The van der Waals surface area contributed by atoms with Gasteiger partial charge in [0.1, 0.15) is 0 Å². The second kappa shape index (κ2) is 5.27. The van der Waals surface area contributed by atoms with Gasteiger partial charge in [0.25, 0.3) is 0 Å². The van der Waals surface area contributed by atoms with Gasteiger partial charge in [-0.15, -0.1) is 0 Å². The summed E-state index contributed by atoms with van der Waals surface area (Å²) < 4.78 is 4.76. The van der Waals surface area contributed by atoms with E-state index in [-0.39, 0.29) is 23.8 Å². The standard InChI is InChI=1S/C15H19N3O3/c1-21-15(20)9-4-5-11(16)12(7-9)18-6-2-3-10-13(18)8-17-14(10)19/h4-5,7,10,13H,2-3,6,8,16H2,1H3,(H,17,19). The van der Waals surface area contributed by atoms with Crippen LogP contribution in [-0.4, -0.2) is 38.1 Å². The number of methoxy groups -OCH3 is 1. The van der Waals surface area contributed by atoms with Gasteiger partial charge in [-0.1, -0.05) is 0 Å². The van der Waals surface area contributed by atoms with Crippen LogP contribution in [0.2, 0.25) is 0 Å². The summed E-state index contributed by atoms with van der Waals surface area (Å²) in [6.45, 7) is 1.47. The number of nitrogens with one attached hydrogen (secondary N) is 1. The SMILES string of the molecule is COC(=O)c1ccc(N)c(N2CCCC3C(=O)NCC32)c1. The van der Waals surface area contributed by atoms with E-state index in [1.54, 1.807) is 18.2 Å². The number of hydrogen-bond donors (Lipinski definition) is 2. The van der Waals surface area contributed by atoms with Gasteiger partial charge in [-0.25, -0.2) is 4.79 Å². The summed E-state index contributed by atoms with van der Waals surface area (Å²) in [7, 11) is 1.36. The summed E-state index contributed by atoms with van der Waals surface area (Å²) in [5.41, 5.74) is 7.98. The molecular formula is C15H19N3O3. The number of fused-ring (bicyclic) bond motifs is 1. The Labute approximate surface area is 123 Å². The monoisotopic (exact) mass is 289 g/mol. The molecular weight excluding hydrogens is 270 g/mol. The van der Waals surface area contributed by atoms with E-state index in [2.05, 4.69) is 10.2 Å². The number of rotatable bonds is 2. The van der Waals surface area contributed by atoms with Crippen molar-refractivity contribution in [1.29, 1.82) is 0 Å². The Morgan fingerprint density at radius 2 is 2.29 bits per heavy atom. The van der Waals surface area contributed by atoms with Crippen LogP contribution in [0.1, 0.15) is 23.2 Å². The number of ether oxygens (including phenoxy) is 1. The van der Waals surface area contributed by atoms with E-state index in [1.165, 1.54) is 7.11 Å². The van der Waals surface area contributed by atoms with Crippen molar-refractivity contribution in [3.63, 3.8) is 0 Å². The average molecular weight is 289 g/mol. The van der Waals surface area contributed by atoms with Crippen LogP contribution in [-0.2, 0) is 9.53 Å². The zero-order valence-corrected chi connectivity index (χ0v) is 12.0. The van der Waals surface area contributed by atoms with Crippen molar-refractivity contribution >= 4 is 23.3 Å². The molecule has 6 heteroatoms. The maximum Gasteiger partial charge on any atom is 0.337 e. The quantitative estimate of drug-likeness (QED) is 0.620. The molecule has 21 heavy (non-hydrogen) atoms. The van der Waals surface area contributed by atoms with E-state index in [1.807, 2.05) is 0 Å². The number of nitrogens with zero attached hydrogens (tertiary/aromatic N) is 1. The van der Waals surface area contributed by atoms with Gasteiger partial charge < -0.3 is 20.7 Å². The Morgan fingerprint density at radius 1 is 1.48 bits per heavy atom. The van der Waals surface area contributed by atoms with Gasteiger partial charge in [-0.2, -0.15) is 0 Å². The molecule has 0 aliphatic carbocycles. The van der Waals surface area contributed by atoms with E-state index in [0.29, 0.717) is 17.8 Å². The fourth-order valence-electron chi connectivity index (χ4n) is 3.29. The molecule has 2 aliphatic heterocycles. The lowest BCUT2D eigenvalue weighted by Crippen LogP contribution is -2.46. The first-order valence-electron chi connectivity index (χ1n) is 7.14. The minimum Gasteiger partial charge on any atom is -0.465 e. The van der Waals surface area contributed by atoms with E-state index in [4.69, 9.17) is 10.5 Å². The highest BCUT2D eigenvalue weighted by Gasteiger charge is 2.41. The Balaban J connectivity index is 1.95. The van der Waals surface area contributed by atoms with Crippen molar-refractivity contribution in [2.24, 2.45) is 5.92 Å². The van der Waals surface area contributed by atoms with E-state index in [0.717, 1.165) is 25.1 Å². The van der Waals surface area contributed by atoms with Crippen molar-refractivity contribution in [3.05, 3.63) is 23.8 Å². The number of nitrogen functional groups attached to an aromatic ring is 1. The minimum atomic E-state index is -0.384. The second-order valence-electron chi connectivity index (χ2n) is 5.52. The summed E-state index contributed by atoms with van der Waals surface area (Å²) >= 11 is 0. The zero-order chi connectivity index (χ0) is 15.0. The number of piperidine rings is 1. The molecule has 1 aromatic carbocycles. The molecule has 112 valence electrons. The third kappa shape index (κ3) is 2.30. The molecule has 2 fully saturated rings. The number of anilines is 2. The van der Waals surface area contributed by atoms with Crippen LogP contribution in [0.3, 0.4) is 0 Å². The summed E-state index contributed by atoms with van der Waals surface area (Å²) in [6.07, 6.45) is 1.85. The number of benzene rings is 1. The number of nitrogens with two attached hydrogens (primary N) is 1. The van der Waals surface area contributed by atoms with Crippen molar-refractivity contribution in [2.75, 3.05) is 30.8 Å². The van der Waals surface area contributed by atoms with Gasteiger partial charge in [0.05, 0.1) is 36.0 Å². The Hall–Kier alpha value is -2.24. The highest BCUT2D eigenvalue weighted by Crippen LogP contribution is 2.35. The smallest absolute Gasteiger partial charge is 0.337 e. The van der Waals surface area contributed by atoms with Crippen LogP contribution in [0.15, 0.2) is 18.2 Å². The van der Waals surface area contributed by atoms with Crippen molar-refractivity contribution in [2.45, 2.75) is 18.9 Å². The highest BCUT2D eigenvalue weighted by molar-refractivity contribution is 5.92. The van der Waals surface area contributed by atoms with Crippen LogP contribution >= 0.6 is 0 Å². The lowest BCUT2D eigenvalue weighted by Gasteiger charge is -2.38. The first-order chi connectivity index (χ1) is 10.1. The minimum absolute atomic E-state index is 0.0138. The molecule has 0 saturated carbocycles. The molecule has 2 saturated heterocycles. The van der Waals surface area contributed by atoms with E-state index < -0.39 is 0 Å². The van der Waals surface area contributed by atoms with E-state index >= 15 is 0 Å². The zero-order valence-electron chi connectivity index (χ0n) is 12.0. The van der Waals surface area contributed by atoms with Gasteiger partial charge in [-0.05, 0) is 31.0 Å². The number of carbonyl (C=O) groups is 2. The first kappa shape index (κ1) is 13.7. The molecule has 6 nitrogen and oxygen atoms in total. The number of carbonyl (C=O) groups excluding carboxylic acids is 2. The second-order valence-corrected chi connectivity index (χ2v) is 5.52. The average Bonchev–Trinajstić information content (AvgIpc) is 2.89. The van der Waals surface area contributed by atoms with Crippen molar-refractivity contribution in [1.82, 2.24) is 5.32 Å². The fraction of sp³-hybridized carbons (Fsp3) is 0.467. The van der Waals surface area contributed by atoms with Crippen LogP contribution in [0.25, 0.3) is 0 Å². The molecule has 2 unspecified atom stereocenters. The molecule has 3 rings (SSSR count). The van der Waals surface area contributed by atoms with Crippen LogP contribution in [0, 0.1) is 5.92 Å². The van der Waals surface area contributed by atoms with Crippen molar-refractivity contribution in [3.8, 4) is 0 Å². The third-order valence-corrected chi connectivity index (χ3v) is 4.36. The molecule has 1 aromatic rings. The molecule has 2 atom stereocenters. The highest BCUT2D eigenvalue weighted by atomic mass is 16.5. The largest absolute Gasteiger partial charge is 0.465 e. The maximum absolute atomic E-state index is 11.8. The molecule has 2 heterocycles. The van der Waals surface area contributed by atoms with Crippen LogP contribution in [0.5, 0.6) is 0 Å². The summed E-state index contributed by atoms with van der Waals surface area (Å²) in [6, 6.07) is 5.24. The molecule has 3 N–H and O–H groups in total.